The number of ether oxygens (including phenoxy) is 5. The highest BCUT2D eigenvalue weighted by Crippen LogP contribution is 2.40. The second-order valence-electron chi connectivity index (χ2n) is 19.3. The molecular formula is C51H75ClN2O11. The third-order valence-electron chi connectivity index (χ3n) is 14.4. The van der Waals surface area contributed by atoms with E-state index >= 15 is 4.79 Å². The van der Waals surface area contributed by atoms with Gasteiger partial charge in [0.2, 0.25) is 0 Å². The number of allylic oxidation sites excluding steroid dienone is 4. The number of halogens is 1. The molecule has 0 unspecified atom stereocenters. The summed E-state index contributed by atoms with van der Waals surface area (Å²) >= 11 is 6.39. The number of cyclic esters (lactones) is 1. The number of nitrogens with zero attached hydrogens (tertiary/aromatic N) is 1. The number of benzene rings is 1. The number of ketones is 2. The lowest BCUT2D eigenvalue weighted by molar-refractivity contribution is -0.244. The predicted octanol–water partition coefficient (Wildman–Crippen LogP) is 7.09. The number of Topliss-reactive ketones (excluding diaryl/α,β-unsaturated/α-hetero) is 2. The number of carbonyl (C=O) groups is 4. The van der Waals surface area contributed by atoms with Gasteiger partial charge in [0.15, 0.2) is 5.72 Å². The summed E-state index contributed by atoms with van der Waals surface area (Å²) in [6, 6.07) is 6.12. The number of aliphatic hydroxyl groups is 2. The number of aliphatic hydroxyl groups excluding tert-OH is 2. The van der Waals surface area contributed by atoms with Crippen molar-refractivity contribution >= 4 is 35.0 Å². The lowest BCUT2D eigenvalue weighted by Gasteiger charge is -2.50. The molecule has 0 spiro atoms. The molecule has 1 saturated carbocycles. The van der Waals surface area contributed by atoms with Crippen LogP contribution >= 0.6 is 11.6 Å². The van der Waals surface area contributed by atoms with Crippen molar-refractivity contribution in [2.45, 2.75) is 166 Å². The van der Waals surface area contributed by atoms with E-state index in [1.165, 1.54) is 4.90 Å². The van der Waals surface area contributed by atoms with Gasteiger partial charge in [-0.2, -0.15) is 0 Å². The van der Waals surface area contributed by atoms with Gasteiger partial charge in [0.05, 0.1) is 30.5 Å². The Bertz CT molecular complexity index is 1870. The van der Waals surface area contributed by atoms with Crippen LogP contribution in [0.4, 0.5) is 0 Å². The molecule has 4 aliphatic rings. The molecule has 0 radical (unpaired) electrons. The molecule has 1 aromatic rings. The molecule has 362 valence electrons. The Morgan fingerprint density at radius 1 is 0.954 bits per heavy atom. The maximum absolute atomic E-state index is 15.3. The summed E-state index contributed by atoms with van der Waals surface area (Å²) in [5.74, 6) is -4.41. The van der Waals surface area contributed by atoms with Crippen LogP contribution in [0.1, 0.15) is 111 Å². The minimum atomic E-state index is -1.86. The quantitative estimate of drug-likeness (QED) is 0.124. The van der Waals surface area contributed by atoms with Gasteiger partial charge < -0.3 is 38.8 Å². The number of amides is 1. The zero-order chi connectivity index (χ0) is 47.6. The summed E-state index contributed by atoms with van der Waals surface area (Å²) in [5.41, 5.74) is 0.570. The Morgan fingerprint density at radius 2 is 1.66 bits per heavy atom. The SMILES string of the molecule is C=CC[C@@H]1/C=C(\C)C[C@H](C)C[C@H](OC)[C@H]2O[C@@](NCc3cccc(Cl)c3)(C(=O)C(=O)N3CCCC[C@H]3C(=O)O[C@H](/C(C)=C/[C@@H]3CC[C@@H](O)[C@H](OC)C3)[C@H](C)[C@@H](O)CC1=O)[C@H](C)C[C@@H]2OC. The topological polar surface area (TPSA) is 170 Å². The fourth-order valence-corrected chi connectivity index (χ4v) is 10.8. The van der Waals surface area contributed by atoms with Crippen LogP contribution < -0.4 is 5.32 Å². The fraction of sp³-hybridized carbons (Fsp3) is 0.686. The fourth-order valence-electron chi connectivity index (χ4n) is 10.6. The standard InChI is InChI=1S/C51H75ClN2O11/c1-10-14-37-22-30(2)21-31(3)23-44(62-8)47-45(63-9)25-33(5)51(65-47,53-29-36-15-13-16-38(52)26-36)48(58)49(59)54-20-12-11-17-39(54)50(60)64-46(34(6)41(56)28-42(37)57)32(4)24-35-18-19-40(55)43(27-35)61-7/h10,13,15-16,22,24,26,31,33-35,37,39-41,43-47,53,55-56H,1,11-12,14,17-21,23,25,27-29H2,2-9H3/b30-22+,32-24+/t31-,33+,34+,35-,37+,39-,40+,41-,43+,44-,45-,46+,47+,51+/m0/s1. The molecule has 14 atom stereocenters. The zero-order valence-electron chi connectivity index (χ0n) is 39.8. The van der Waals surface area contributed by atoms with Crippen molar-refractivity contribution in [2.75, 3.05) is 27.9 Å². The van der Waals surface area contributed by atoms with E-state index in [1.54, 1.807) is 46.5 Å². The van der Waals surface area contributed by atoms with Gasteiger partial charge >= 0.3 is 5.97 Å². The maximum atomic E-state index is 15.3. The number of carbonyl (C=O) groups excluding carboxylic acids is 4. The monoisotopic (exact) mass is 927 g/mol. The molecule has 0 aromatic heterocycles. The lowest BCUT2D eigenvalue weighted by Crippen LogP contribution is -2.70. The minimum Gasteiger partial charge on any atom is -0.456 e. The summed E-state index contributed by atoms with van der Waals surface area (Å²) in [4.78, 5) is 60.3. The van der Waals surface area contributed by atoms with Gasteiger partial charge in [-0.1, -0.05) is 68.3 Å². The van der Waals surface area contributed by atoms with Crippen LogP contribution in [0.5, 0.6) is 0 Å². The Kier molecular flexibility index (Phi) is 19.6. The lowest BCUT2D eigenvalue weighted by atomic mass is 9.80. The summed E-state index contributed by atoms with van der Waals surface area (Å²) in [6.45, 7) is 13.7. The first-order chi connectivity index (χ1) is 31.0. The van der Waals surface area contributed by atoms with Gasteiger partial charge in [-0.05, 0) is 113 Å². The first kappa shape index (κ1) is 52.7. The summed E-state index contributed by atoms with van der Waals surface area (Å²) in [6.07, 6.45) is 5.58. The molecule has 3 fully saturated rings. The molecule has 13 nitrogen and oxygen atoms in total. The van der Waals surface area contributed by atoms with Gasteiger partial charge in [0.1, 0.15) is 24.0 Å². The Balaban J connectivity index is 1.61. The molecule has 14 heteroatoms. The van der Waals surface area contributed by atoms with E-state index < -0.39 is 83.8 Å². The molecule has 1 aliphatic carbocycles. The van der Waals surface area contributed by atoms with Crippen LogP contribution in [0.25, 0.3) is 0 Å². The smallest absolute Gasteiger partial charge is 0.329 e. The van der Waals surface area contributed by atoms with Crippen LogP contribution in [0.2, 0.25) is 5.02 Å². The van der Waals surface area contributed by atoms with Crippen molar-refractivity contribution in [2.24, 2.45) is 29.6 Å². The van der Waals surface area contributed by atoms with E-state index in [4.69, 9.17) is 35.3 Å². The van der Waals surface area contributed by atoms with E-state index in [0.29, 0.717) is 68.4 Å². The van der Waals surface area contributed by atoms with E-state index in [2.05, 4.69) is 18.8 Å². The van der Waals surface area contributed by atoms with Crippen LogP contribution in [-0.4, -0.2) is 121 Å². The molecular weight excluding hydrogens is 852 g/mol. The van der Waals surface area contributed by atoms with Gasteiger partial charge in [0.25, 0.3) is 11.7 Å². The molecule has 65 heavy (non-hydrogen) atoms. The number of esters is 1. The molecule has 2 saturated heterocycles. The Morgan fingerprint density at radius 3 is 2.34 bits per heavy atom. The number of methoxy groups -OCH3 is 3. The van der Waals surface area contributed by atoms with Crippen molar-refractivity contribution in [3.8, 4) is 0 Å². The molecule has 5 rings (SSSR count). The zero-order valence-corrected chi connectivity index (χ0v) is 40.6. The normalized spacial score (nSPS) is 37.3. The van der Waals surface area contributed by atoms with Crippen LogP contribution in [0, 0.1) is 29.6 Å². The van der Waals surface area contributed by atoms with Crippen molar-refractivity contribution in [1.29, 1.82) is 0 Å². The number of piperidine rings is 1. The molecule has 3 heterocycles. The Labute approximate surface area is 391 Å². The van der Waals surface area contributed by atoms with Crippen LogP contribution in [0.3, 0.4) is 0 Å². The average molecular weight is 928 g/mol. The van der Waals surface area contributed by atoms with Crippen LogP contribution in [-0.2, 0) is 49.4 Å². The third-order valence-corrected chi connectivity index (χ3v) is 14.6. The van der Waals surface area contributed by atoms with Crippen molar-refractivity contribution in [3.63, 3.8) is 0 Å². The van der Waals surface area contributed by atoms with E-state index in [-0.39, 0.29) is 49.7 Å². The number of fused-ring (bicyclic) bond motifs is 3. The number of nitrogens with one attached hydrogen (secondary N) is 1. The Hall–Kier alpha value is -3.27. The summed E-state index contributed by atoms with van der Waals surface area (Å²) in [5, 5.41) is 26.3. The molecule has 1 aromatic carbocycles. The van der Waals surface area contributed by atoms with Gasteiger partial charge in [-0.25, -0.2) is 4.79 Å². The van der Waals surface area contributed by atoms with Crippen molar-refractivity contribution < 1.29 is 53.1 Å². The minimum absolute atomic E-state index is 0.0108. The third kappa shape index (κ3) is 13.0. The van der Waals surface area contributed by atoms with E-state index in [0.717, 1.165) is 11.1 Å². The van der Waals surface area contributed by atoms with Crippen molar-refractivity contribution in [1.82, 2.24) is 10.2 Å². The average Bonchev–Trinajstić information content (AvgIpc) is 3.28. The molecule has 2 bridgehead atoms. The highest BCUT2D eigenvalue weighted by atomic mass is 35.5. The number of rotatable bonds is 10. The molecule has 1 amide bonds. The molecule has 3 aliphatic heterocycles. The summed E-state index contributed by atoms with van der Waals surface area (Å²) in [7, 11) is 4.77. The van der Waals surface area contributed by atoms with Crippen LogP contribution in [0.15, 0.2) is 60.2 Å². The second-order valence-corrected chi connectivity index (χ2v) is 19.7. The van der Waals surface area contributed by atoms with E-state index in [1.807, 2.05) is 45.1 Å². The highest BCUT2D eigenvalue weighted by Gasteiger charge is 2.57. The van der Waals surface area contributed by atoms with Crippen molar-refractivity contribution in [3.05, 3.63) is 70.8 Å². The number of hydrogen-bond donors (Lipinski definition) is 3. The second kappa shape index (κ2) is 24.1. The summed E-state index contributed by atoms with van der Waals surface area (Å²) < 4.78 is 31.2. The predicted molar refractivity (Wildman–Crippen MR) is 249 cm³/mol. The van der Waals surface area contributed by atoms with Gasteiger partial charge in [-0.3, -0.25) is 19.7 Å². The number of hydrogen-bond acceptors (Lipinski definition) is 12. The molecule has 3 N–H and O–H groups in total. The van der Waals surface area contributed by atoms with Gasteiger partial charge in [0, 0.05) is 63.6 Å². The maximum Gasteiger partial charge on any atom is 0.329 e. The van der Waals surface area contributed by atoms with Gasteiger partial charge in [-0.15, -0.1) is 6.58 Å². The first-order valence-corrected chi connectivity index (χ1v) is 24.0. The first-order valence-electron chi connectivity index (χ1n) is 23.6. The highest BCUT2D eigenvalue weighted by molar-refractivity contribution is 6.39. The largest absolute Gasteiger partial charge is 0.456 e. The van der Waals surface area contributed by atoms with E-state index in [9.17, 15) is 24.6 Å².